The van der Waals surface area contributed by atoms with Crippen LogP contribution in [0, 0.1) is 5.92 Å². The second-order valence-electron chi connectivity index (χ2n) is 5.19. The van der Waals surface area contributed by atoms with Gasteiger partial charge in [0.25, 0.3) is 0 Å². The minimum Gasteiger partial charge on any atom is -0.491 e. The number of hydrogen-bond acceptors (Lipinski definition) is 4. The second-order valence-corrected chi connectivity index (χ2v) is 5.19. The van der Waals surface area contributed by atoms with Gasteiger partial charge in [-0.05, 0) is 25.2 Å². The fourth-order valence-corrected chi connectivity index (χ4v) is 1.81. The summed E-state index contributed by atoms with van der Waals surface area (Å²) in [5, 5.41) is 15.1. The predicted molar refractivity (Wildman–Crippen MR) is 86.3 cm³/mol. The third-order valence-electron chi connectivity index (χ3n) is 3.07. The largest absolute Gasteiger partial charge is 0.491 e. The van der Waals surface area contributed by atoms with Crippen molar-refractivity contribution < 1.29 is 27.8 Å². The Morgan fingerprint density at radius 2 is 2.00 bits per heavy atom. The van der Waals surface area contributed by atoms with Crippen molar-refractivity contribution in [1.82, 2.24) is 10.6 Å². The molecular weight excluding hydrogens is 349 g/mol. The number of carbonyl (C=O) groups is 1. The number of ether oxygens (including phenoxy) is 1. The van der Waals surface area contributed by atoms with Gasteiger partial charge >= 0.3 is 6.18 Å². The minimum atomic E-state index is -4.45. The maximum absolute atomic E-state index is 12.6. The number of carbonyl (C=O) groups excluding carboxylic acids is 1. The van der Waals surface area contributed by atoms with Crippen molar-refractivity contribution in [2.45, 2.75) is 19.2 Å². The standard InChI is InChI=1S/C15H21F3N2O3.ClH/c1-10(7-19-2)14(22)20-8-12(21)9-23-13-5-3-4-11(6-13)15(16,17)18;/h3-6,10,12,19,21H,7-9H2,1-2H3,(H,20,22);1H. The summed E-state index contributed by atoms with van der Waals surface area (Å²) in [4.78, 5) is 11.6. The lowest BCUT2D eigenvalue weighted by atomic mass is 10.1. The first-order valence-corrected chi connectivity index (χ1v) is 7.14. The third-order valence-corrected chi connectivity index (χ3v) is 3.07. The van der Waals surface area contributed by atoms with Crippen LogP contribution in [0.1, 0.15) is 12.5 Å². The average molecular weight is 371 g/mol. The number of alkyl halides is 3. The summed E-state index contributed by atoms with van der Waals surface area (Å²) in [5.74, 6) is -0.470. The van der Waals surface area contributed by atoms with Gasteiger partial charge in [0, 0.05) is 19.0 Å². The van der Waals surface area contributed by atoms with E-state index >= 15 is 0 Å². The summed E-state index contributed by atoms with van der Waals surface area (Å²) in [6.45, 7) is 1.98. The molecule has 2 unspecified atom stereocenters. The quantitative estimate of drug-likeness (QED) is 0.653. The summed E-state index contributed by atoms with van der Waals surface area (Å²) in [6, 6.07) is 4.40. The molecule has 0 aromatic heterocycles. The Labute approximate surface area is 145 Å². The molecule has 0 saturated carbocycles. The molecule has 0 aliphatic carbocycles. The lowest BCUT2D eigenvalue weighted by Gasteiger charge is -2.16. The molecule has 1 aromatic rings. The number of amides is 1. The van der Waals surface area contributed by atoms with Crippen molar-refractivity contribution in [3.8, 4) is 5.75 Å². The van der Waals surface area contributed by atoms with E-state index in [0.717, 1.165) is 12.1 Å². The molecular formula is C15H22ClF3N2O3. The van der Waals surface area contributed by atoms with Crippen LogP contribution in [-0.2, 0) is 11.0 Å². The fraction of sp³-hybridized carbons (Fsp3) is 0.533. The van der Waals surface area contributed by atoms with Gasteiger partial charge < -0.3 is 20.5 Å². The Kier molecular flexibility index (Phi) is 9.72. The highest BCUT2D eigenvalue weighted by Crippen LogP contribution is 2.31. The highest BCUT2D eigenvalue weighted by Gasteiger charge is 2.30. The van der Waals surface area contributed by atoms with Crippen molar-refractivity contribution in [3.63, 3.8) is 0 Å². The normalized spacial score (nSPS) is 13.6. The number of halogens is 4. The molecule has 0 heterocycles. The molecule has 1 aromatic carbocycles. The Hall–Kier alpha value is -1.51. The molecule has 1 amide bonds. The molecule has 5 nitrogen and oxygen atoms in total. The van der Waals surface area contributed by atoms with E-state index in [9.17, 15) is 23.1 Å². The van der Waals surface area contributed by atoms with Crippen LogP contribution in [0.2, 0.25) is 0 Å². The van der Waals surface area contributed by atoms with Gasteiger partial charge in [-0.25, -0.2) is 0 Å². The van der Waals surface area contributed by atoms with Crippen LogP contribution in [-0.4, -0.2) is 43.9 Å². The molecule has 0 aliphatic rings. The second kappa shape index (κ2) is 10.4. The van der Waals surface area contributed by atoms with Crippen molar-refractivity contribution in [3.05, 3.63) is 29.8 Å². The van der Waals surface area contributed by atoms with Crippen LogP contribution in [0.5, 0.6) is 5.75 Å². The zero-order valence-electron chi connectivity index (χ0n) is 13.4. The fourth-order valence-electron chi connectivity index (χ4n) is 1.81. The van der Waals surface area contributed by atoms with E-state index in [1.807, 2.05) is 0 Å². The summed E-state index contributed by atoms with van der Waals surface area (Å²) < 4.78 is 42.8. The summed E-state index contributed by atoms with van der Waals surface area (Å²) in [5.41, 5.74) is -0.821. The van der Waals surface area contributed by atoms with Gasteiger partial charge in [0.15, 0.2) is 0 Å². The van der Waals surface area contributed by atoms with Crippen LogP contribution in [0.3, 0.4) is 0 Å². The Bertz CT molecular complexity index is 515. The molecule has 0 spiro atoms. The van der Waals surface area contributed by atoms with Crippen LogP contribution in [0.4, 0.5) is 13.2 Å². The van der Waals surface area contributed by atoms with E-state index in [-0.39, 0.29) is 43.1 Å². The van der Waals surface area contributed by atoms with Crippen molar-refractivity contribution in [1.29, 1.82) is 0 Å². The number of benzene rings is 1. The van der Waals surface area contributed by atoms with Gasteiger partial charge in [-0.1, -0.05) is 13.0 Å². The average Bonchev–Trinajstić information content (AvgIpc) is 2.50. The molecule has 0 aliphatic heterocycles. The Morgan fingerprint density at radius 3 is 2.58 bits per heavy atom. The number of hydrogen-bond donors (Lipinski definition) is 3. The van der Waals surface area contributed by atoms with Gasteiger partial charge in [-0.2, -0.15) is 13.2 Å². The molecule has 138 valence electrons. The Balaban J connectivity index is 0.00000529. The molecule has 2 atom stereocenters. The van der Waals surface area contributed by atoms with Crippen LogP contribution in [0.15, 0.2) is 24.3 Å². The molecule has 0 radical (unpaired) electrons. The monoisotopic (exact) mass is 370 g/mol. The third kappa shape index (κ3) is 7.85. The van der Waals surface area contributed by atoms with Crippen molar-refractivity contribution >= 4 is 18.3 Å². The van der Waals surface area contributed by atoms with Gasteiger partial charge in [-0.15, -0.1) is 12.4 Å². The summed E-state index contributed by atoms with van der Waals surface area (Å²) in [6.07, 6.45) is -5.47. The topological polar surface area (TPSA) is 70.6 Å². The predicted octanol–water partition coefficient (Wildman–Crippen LogP) is 1.84. The van der Waals surface area contributed by atoms with Crippen molar-refractivity contribution in [2.75, 3.05) is 26.7 Å². The zero-order valence-corrected chi connectivity index (χ0v) is 14.2. The molecule has 24 heavy (non-hydrogen) atoms. The van der Waals surface area contributed by atoms with Gasteiger partial charge in [-0.3, -0.25) is 4.79 Å². The smallest absolute Gasteiger partial charge is 0.416 e. The number of aliphatic hydroxyl groups is 1. The summed E-state index contributed by atoms with van der Waals surface area (Å²) >= 11 is 0. The first-order chi connectivity index (χ1) is 10.7. The molecule has 0 saturated heterocycles. The van der Waals surface area contributed by atoms with Crippen molar-refractivity contribution in [2.24, 2.45) is 5.92 Å². The van der Waals surface area contributed by atoms with Crippen LogP contribution >= 0.6 is 12.4 Å². The highest BCUT2D eigenvalue weighted by atomic mass is 35.5. The summed E-state index contributed by atoms with van der Waals surface area (Å²) in [7, 11) is 1.72. The van der Waals surface area contributed by atoms with E-state index in [0.29, 0.717) is 6.54 Å². The van der Waals surface area contributed by atoms with E-state index in [4.69, 9.17) is 4.74 Å². The lowest BCUT2D eigenvalue weighted by Crippen LogP contribution is -2.40. The van der Waals surface area contributed by atoms with E-state index in [2.05, 4.69) is 10.6 Å². The first kappa shape index (κ1) is 22.5. The van der Waals surface area contributed by atoms with Gasteiger partial charge in [0.05, 0.1) is 5.56 Å². The van der Waals surface area contributed by atoms with E-state index < -0.39 is 17.8 Å². The molecule has 0 fully saturated rings. The van der Waals surface area contributed by atoms with E-state index in [1.165, 1.54) is 12.1 Å². The number of aliphatic hydroxyl groups excluding tert-OH is 1. The maximum atomic E-state index is 12.6. The van der Waals surface area contributed by atoms with E-state index in [1.54, 1.807) is 14.0 Å². The highest BCUT2D eigenvalue weighted by molar-refractivity contribution is 5.85. The first-order valence-electron chi connectivity index (χ1n) is 7.14. The Morgan fingerprint density at radius 1 is 1.33 bits per heavy atom. The minimum absolute atomic E-state index is 0. The molecule has 3 N–H and O–H groups in total. The number of rotatable bonds is 8. The maximum Gasteiger partial charge on any atom is 0.416 e. The van der Waals surface area contributed by atoms with Gasteiger partial charge in [0.1, 0.15) is 18.5 Å². The lowest BCUT2D eigenvalue weighted by molar-refractivity contribution is -0.137. The zero-order chi connectivity index (χ0) is 17.5. The number of nitrogens with one attached hydrogen (secondary N) is 2. The molecule has 1 rings (SSSR count). The van der Waals surface area contributed by atoms with Gasteiger partial charge in [0.2, 0.25) is 5.91 Å². The molecule has 9 heteroatoms. The van der Waals surface area contributed by atoms with Crippen LogP contribution in [0.25, 0.3) is 0 Å². The molecule has 0 bridgehead atoms. The van der Waals surface area contributed by atoms with Crippen LogP contribution < -0.4 is 15.4 Å². The SMILES string of the molecule is CNCC(C)C(=O)NCC(O)COc1cccc(C(F)(F)F)c1.Cl.